The molecule has 2 fully saturated rings. The van der Waals surface area contributed by atoms with Gasteiger partial charge in [-0.2, -0.15) is 4.31 Å². The van der Waals surface area contributed by atoms with Crippen molar-refractivity contribution in [2.75, 3.05) is 26.2 Å². The van der Waals surface area contributed by atoms with Crippen LogP contribution in [0.1, 0.15) is 32.6 Å². The van der Waals surface area contributed by atoms with E-state index in [9.17, 15) is 8.42 Å². The Morgan fingerprint density at radius 1 is 1.00 bits per heavy atom. The van der Waals surface area contributed by atoms with Crippen molar-refractivity contribution in [3.8, 4) is 0 Å². The molecule has 2 aliphatic heterocycles. The molecule has 2 saturated heterocycles. The molecule has 23 heavy (non-hydrogen) atoms. The van der Waals surface area contributed by atoms with Crippen LogP contribution in [0.25, 0.3) is 0 Å². The molecule has 0 spiro atoms. The number of sulfonamides is 1. The summed E-state index contributed by atoms with van der Waals surface area (Å²) in [7, 11) is -3.39. The lowest BCUT2D eigenvalue weighted by molar-refractivity contribution is 0.101. The molecule has 0 unspecified atom stereocenters. The van der Waals surface area contributed by atoms with Crippen LogP contribution in [0.5, 0.6) is 0 Å². The van der Waals surface area contributed by atoms with Crippen molar-refractivity contribution in [1.82, 2.24) is 9.21 Å². The number of piperidine rings is 2. The van der Waals surface area contributed by atoms with Gasteiger partial charge in [0.05, 0.1) is 4.90 Å². The van der Waals surface area contributed by atoms with Gasteiger partial charge in [0.2, 0.25) is 10.0 Å². The van der Waals surface area contributed by atoms with E-state index in [1.165, 1.54) is 25.9 Å². The van der Waals surface area contributed by atoms with E-state index in [1.54, 1.807) is 22.5 Å². The summed E-state index contributed by atoms with van der Waals surface area (Å²) in [5.74, 6) is 0.835. The Morgan fingerprint density at radius 2 is 1.61 bits per heavy atom. The van der Waals surface area contributed by atoms with Crippen molar-refractivity contribution in [3.63, 3.8) is 0 Å². The zero-order valence-electron chi connectivity index (χ0n) is 13.6. The Balaban J connectivity index is 1.64. The lowest BCUT2D eigenvalue weighted by Gasteiger charge is -2.41. The molecule has 0 radical (unpaired) electrons. The fourth-order valence-electron chi connectivity index (χ4n) is 3.63. The van der Waals surface area contributed by atoms with Crippen LogP contribution in [0.15, 0.2) is 33.6 Å². The van der Waals surface area contributed by atoms with Crippen LogP contribution in [0.2, 0.25) is 0 Å². The first-order valence-corrected chi connectivity index (χ1v) is 10.7. The van der Waals surface area contributed by atoms with Crippen molar-refractivity contribution in [2.45, 2.75) is 43.5 Å². The van der Waals surface area contributed by atoms with Crippen molar-refractivity contribution < 1.29 is 8.42 Å². The Kier molecular flexibility index (Phi) is 5.46. The second kappa shape index (κ2) is 7.21. The maximum Gasteiger partial charge on any atom is 0.244 e. The van der Waals surface area contributed by atoms with Crippen LogP contribution >= 0.6 is 15.9 Å². The van der Waals surface area contributed by atoms with Gasteiger partial charge in [-0.15, -0.1) is 0 Å². The molecular weight excluding hydrogens is 376 g/mol. The number of hydrogen-bond acceptors (Lipinski definition) is 3. The lowest BCUT2D eigenvalue weighted by Crippen LogP contribution is -2.48. The van der Waals surface area contributed by atoms with E-state index in [4.69, 9.17) is 0 Å². The first-order valence-electron chi connectivity index (χ1n) is 8.47. The van der Waals surface area contributed by atoms with Gasteiger partial charge in [-0.25, -0.2) is 8.42 Å². The summed E-state index contributed by atoms with van der Waals surface area (Å²) >= 11 is 3.36. The molecule has 0 aromatic heterocycles. The molecule has 1 aromatic rings. The molecule has 0 N–H and O–H groups in total. The highest BCUT2D eigenvalue weighted by Crippen LogP contribution is 2.29. The zero-order valence-corrected chi connectivity index (χ0v) is 16.0. The van der Waals surface area contributed by atoms with Gasteiger partial charge in [0.25, 0.3) is 0 Å². The van der Waals surface area contributed by atoms with E-state index in [2.05, 4.69) is 27.8 Å². The molecule has 0 amide bonds. The average molecular weight is 401 g/mol. The minimum absolute atomic E-state index is 0.380. The lowest BCUT2D eigenvalue weighted by atomic mass is 9.95. The Labute approximate surface area is 148 Å². The predicted molar refractivity (Wildman–Crippen MR) is 95.9 cm³/mol. The average Bonchev–Trinajstić information content (AvgIpc) is 2.56. The summed E-state index contributed by atoms with van der Waals surface area (Å²) in [4.78, 5) is 2.95. The van der Waals surface area contributed by atoms with Crippen LogP contribution < -0.4 is 0 Å². The molecule has 0 atom stereocenters. The first-order chi connectivity index (χ1) is 11.0. The summed E-state index contributed by atoms with van der Waals surface area (Å²) in [6.07, 6.45) is 4.43. The molecule has 3 rings (SSSR count). The van der Waals surface area contributed by atoms with Gasteiger partial charge in [0.1, 0.15) is 0 Å². The SMILES string of the molecule is CC1CCN(C2CCN(S(=O)(=O)c3ccccc3Br)CC2)CC1. The van der Waals surface area contributed by atoms with Gasteiger partial charge in [-0.3, -0.25) is 0 Å². The number of hydrogen-bond donors (Lipinski definition) is 0. The highest BCUT2D eigenvalue weighted by atomic mass is 79.9. The maximum absolute atomic E-state index is 12.8. The minimum Gasteiger partial charge on any atom is -0.300 e. The maximum atomic E-state index is 12.8. The number of likely N-dealkylation sites (tertiary alicyclic amines) is 1. The third-order valence-corrected chi connectivity index (χ3v) is 8.12. The molecular formula is C17H25BrN2O2S. The Bertz CT molecular complexity index is 634. The molecule has 6 heteroatoms. The number of halogens is 1. The highest BCUT2D eigenvalue weighted by molar-refractivity contribution is 9.10. The topological polar surface area (TPSA) is 40.6 Å². The van der Waals surface area contributed by atoms with Crippen LogP contribution in [0.4, 0.5) is 0 Å². The van der Waals surface area contributed by atoms with E-state index >= 15 is 0 Å². The summed E-state index contributed by atoms with van der Waals surface area (Å²) in [6, 6.07) is 7.63. The van der Waals surface area contributed by atoms with Gasteiger partial charge >= 0.3 is 0 Å². The van der Waals surface area contributed by atoms with Gasteiger partial charge in [-0.05, 0) is 72.8 Å². The molecule has 2 heterocycles. The molecule has 4 nitrogen and oxygen atoms in total. The highest BCUT2D eigenvalue weighted by Gasteiger charge is 2.33. The van der Waals surface area contributed by atoms with Crippen molar-refractivity contribution in [3.05, 3.63) is 28.7 Å². The van der Waals surface area contributed by atoms with E-state index < -0.39 is 10.0 Å². The second-order valence-electron chi connectivity index (χ2n) is 6.78. The summed E-state index contributed by atoms with van der Waals surface area (Å²) in [6.45, 7) is 5.91. The van der Waals surface area contributed by atoms with Crippen LogP contribution in [0, 0.1) is 5.92 Å². The predicted octanol–water partition coefficient (Wildman–Crippen LogP) is 3.33. The van der Waals surface area contributed by atoms with Crippen LogP contribution in [-0.2, 0) is 10.0 Å². The van der Waals surface area contributed by atoms with Gasteiger partial charge in [0.15, 0.2) is 0 Å². The molecule has 0 saturated carbocycles. The van der Waals surface area contributed by atoms with E-state index in [0.717, 1.165) is 18.8 Å². The summed E-state index contributed by atoms with van der Waals surface area (Å²) < 4.78 is 27.9. The molecule has 0 bridgehead atoms. The molecule has 0 aliphatic carbocycles. The van der Waals surface area contributed by atoms with Crippen molar-refractivity contribution >= 4 is 26.0 Å². The van der Waals surface area contributed by atoms with Crippen molar-refractivity contribution in [1.29, 1.82) is 0 Å². The van der Waals surface area contributed by atoms with E-state index in [0.29, 0.717) is 28.5 Å². The number of nitrogens with zero attached hydrogens (tertiary/aromatic N) is 2. The van der Waals surface area contributed by atoms with E-state index in [-0.39, 0.29) is 0 Å². The van der Waals surface area contributed by atoms with Gasteiger partial charge < -0.3 is 4.90 Å². The third-order valence-electron chi connectivity index (χ3n) is 5.21. The fourth-order valence-corrected chi connectivity index (χ4v) is 6.07. The second-order valence-corrected chi connectivity index (χ2v) is 9.54. The van der Waals surface area contributed by atoms with Crippen LogP contribution in [0.3, 0.4) is 0 Å². The summed E-state index contributed by atoms with van der Waals surface area (Å²) in [5.41, 5.74) is 0. The zero-order chi connectivity index (χ0) is 16.4. The third kappa shape index (κ3) is 3.81. The number of rotatable bonds is 3. The van der Waals surface area contributed by atoms with Gasteiger partial charge in [0, 0.05) is 23.6 Å². The monoisotopic (exact) mass is 400 g/mol. The van der Waals surface area contributed by atoms with Crippen LogP contribution in [-0.4, -0.2) is 49.8 Å². The molecule has 128 valence electrons. The summed E-state index contributed by atoms with van der Waals surface area (Å²) in [5, 5.41) is 0. The smallest absolute Gasteiger partial charge is 0.244 e. The quantitative estimate of drug-likeness (QED) is 0.780. The fraction of sp³-hybridized carbons (Fsp3) is 0.647. The standard InChI is InChI=1S/C17H25BrN2O2S/c1-14-6-10-19(11-7-14)15-8-12-20(13-9-15)23(21,22)17-5-3-2-4-16(17)18/h2-5,14-15H,6-13H2,1H3. The normalized spacial score (nSPS) is 23.2. The van der Waals surface area contributed by atoms with Crippen molar-refractivity contribution in [2.24, 2.45) is 5.92 Å². The molecule has 2 aliphatic rings. The largest absolute Gasteiger partial charge is 0.300 e. The van der Waals surface area contributed by atoms with Gasteiger partial charge in [-0.1, -0.05) is 19.1 Å². The Hall–Kier alpha value is -0.430. The number of benzene rings is 1. The Morgan fingerprint density at radius 3 is 2.22 bits per heavy atom. The van der Waals surface area contributed by atoms with E-state index in [1.807, 2.05) is 6.07 Å². The molecule has 1 aromatic carbocycles. The first kappa shape index (κ1) is 17.4. The minimum atomic E-state index is -3.39.